The van der Waals surface area contributed by atoms with Gasteiger partial charge in [-0.3, -0.25) is 10.1 Å². The van der Waals surface area contributed by atoms with Crippen molar-refractivity contribution in [3.8, 4) is 11.4 Å². The molecule has 1 heterocycles. The second-order valence-corrected chi connectivity index (χ2v) is 4.12. The van der Waals surface area contributed by atoms with Crippen molar-refractivity contribution in [3.63, 3.8) is 0 Å². The number of carbonyl (C=O) groups is 1. The number of rotatable bonds is 3. The molecule has 0 saturated heterocycles. The van der Waals surface area contributed by atoms with E-state index >= 15 is 0 Å². The van der Waals surface area contributed by atoms with Crippen molar-refractivity contribution in [2.45, 2.75) is 0 Å². The van der Waals surface area contributed by atoms with Crippen LogP contribution in [0.5, 0.6) is 0 Å². The summed E-state index contributed by atoms with van der Waals surface area (Å²) in [5, 5.41) is 19.1. The number of nitrogens with zero attached hydrogens (tertiary/aromatic N) is 3. The van der Waals surface area contributed by atoms with E-state index in [1.807, 2.05) is 0 Å². The van der Waals surface area contributed by atoms with E-state index in [4.69, 9.17) is 16.7 Å². The predicted molar refractivity (Wildman–Crippen MR) is 66.0 cm³/mol. The summed E-state index contributed by atoms with van der Waals surface area (Å²) in [6.07, 6.45) is 0.838. The lowest BCUT2D eigenvalue weighted by Gasteiger charge is -2.05. The molecule has 0 spiro atoms. The first-order valence-electron chi connectivity index (χ1n) is 5.21. The van der Waals surface area contributed by atoms with Crippen LogP contribution in [-0.4, -0.2) is 26.0 Å². The van der Waals surface area contributed by atoms with E-state index in [1.54, 1.807) is 0 Å². The topological polar surface area (TPSA) is 106 Å². The molecule has 0 fully saturated rings. The van der Waals surface area contributed by atoms with Crippen LogP contribution in [0, 0.1) is 21.7 Å². The summed E-state index contributed by atoms with van der Waals surface area (Å²) >= 11 is 5.54. The molecule has 108 valence electrons. The number of benzene rings is 1. The molecule has 0 unspecified atom stereocenters. The molecule has 0 radical (unpaired) electrons. The zero-order chi connectivity index (χ0) is 15.7. The zero-order valence-electron chi connectivity index (χ0n) is 9.88. The molecule has 0 amide bonds. The minimum absolute atomic E-state index is 0.336. The van der Waals surface area contributed by atoms with E-state index in [2.05, 4.69) is 9.97 Å². The molecule has 0 aliphatic rings. The van der Waals surface area contributed by atoms with E-state index < -0.39 is 45.3 Å². The summed E-state index contributed by atoms with van der Waals surface area (Å²) in [5.41, 5.74) is -2.56. The van der Waals surface area contributed by atoms with Crippen LogP contribution >= 0.6 is 11.6 Å². The van der Waals surface area contributed by atoms with Crippen molar-refractivity contribution in [3.05, 3.63) is 50.8 Å². The standard InChI is InChI=1S/C11H4ClF2N3O4/c12-4-3-15-10(16-9(4)11(18)19)7-5(13)1-2-6(8(7)14)17(20)21/h1-3H,(H,18,19). The van der Waals surface area contributed by atoms with E-state index in [0.717, 1.165) is 6.20 Å². The summed E-state index contributed by atoms with van der Waals surface area (Å²) in [7, 11) is 0. The van der Waals surface area contributed by atoms with Gasteiger partial charge in [0.1, 0.15) is 5.82 Å². The van der Waals surface area contributed by atoms with Gasteiger partial charge < -0.3 is 5.11 Å². The van der Waals surface area contributed by atoms with Crippen LogP contribution in [0.2, 0.25) is 5.02 Å². The molecule has 1 aromatic heterocycles. The van der Waals surface area contributed by atoms with Gasteiger partial charge in [0.2, 0.25) is 5.82 Å². The summed E-state index contributed by atoms with van der Waals surface area (Å²) in [4.78, 5) is 27.4. The number of carboxylic acid groups (broad SMARTS) is 1. The van der Waals surface area contributed by atoms with Crippen LogP contribution in [0.4, 0.5) is 14.5 Å². The third-order valence-corrected chi connectivity index (χ3v) is 2.71. The molecule has 0 aliphatic heterocycles. The number of aromatic carboxylic acids is 1. The first-order valence-corrected chi connectivity index (χ1v) is 5.59. The van der Waals surface area contributed by atoms with Gasteiger partial charge in [-0.1, -0.05) is 11.6 Å². The summed E-state index contributed by atoms with van der Waals surface area (Å²) < 4.78 is 27.7. The second-order valence-electron chi connectivity index (χ2n) is 3.71. The molecule has 0 saturated carbocycles. The number of nitro benzene ring substituents is 1. The highest BCUT2D eigenvalue weighted by Crippen LogP contribution is 2.30. The number of carboxylic acids is 1. The monoisotopic (exact) mass is 315 g/mol. The molecule has 2 rings (SSSR count). The maximum atomic E-state index is 14.0. The molecule has 7 nitrogen and oxygen atoms in total. The maximum Gasteiger partial charge on any atom is 0.356 e. The molecule has 1 N–H and O–H groups in total. The highest BCUT2D eigenvalue weighted by Gasteiger charge is 2.25. The minimum Gasteiger partial charge on any atom is -0.476 e. The lowest BCUT2D eigenvalue weighted by atomic mass is 10.1. The first-order chi connectivity index (χ1) is 9.82. The van der Waals surface area contributed by atoms with Gasteiger partial charge in [-0.25, -0.2) is 19.2 Å². The van der Waals surface area contributed by atoms with Gasteiger partial charge in [0.05, 0.1) is 21.7 Å². The fourth-order valence-electron chi connectivity index (χ4n) is 1.53. The van der Waals surface area contributed by atoms with Crippen molar-refractivity contribution in [1.82, 2.24) is 9.97 Å². The molecule has 21 heavy (non-hydrogen) atoms. The summed E-state index contributed by atoms with van der Waals surface area (Å²) in [5.74, 6) is -4.86. The van der Waals surface area contributed by atoms with Crippen molar-refractivity contribution in [2.75, 3.05) is 0 Å². The molecule has 0 aliphatic carbocycles. The quantitative estimate of drug-likeness (QED) is 0.689. The lowest BCUT2D eigenvalue weighted by molar-refractivity contribution is -0.387. The Bertz CT molecular complexity index is 769. The Balaban J connectivity index is 2.73. The number of nitro groups is 1. The Morgan fingerprint density at radius 3 is 2.62 bits per heavy atom. The van der Waals surface area contributed by atoms with E-state index in [1.165, 1.54) is 0 Å². The van der Waals surface area contributed by atoms with Gasteiger partial charge in [-0.2, -0.15) is 4.39 Å². The number of aromatic nitrogens is 2. The fourth-order valence-corrected chi connectivity index (χ4v) is 1.70. The summed E-state index contributed by atoms with van der Waals surface area (Å²) in [6, 6.07) is 1.30. The van der Waals surface area contributed by atoms with Crippen molar-refractivity contribution < 1.29 is 23.6 Å². The molecule has 1 aromatic carbocycles. The number of hydrogen-bond acceptors (Lipinski definition) is 5. The number of hydrogen-bond donors (Lipinski definition) is 1. The van der Waals surface area contributed by atoms with Gasteiger partial charge in [0.15, 0.2) is 11.5 Å². The Morgan fingerprint density at radius 1 is 1.38 bits per heavy atom. The van der Waals surface area contributed by atoms with Crippen LogP contribution < -0.4 is 0 Å². The van der Waals surface area contributed by atoms with Gasteiger partial charge >= 0.3 is 11.7 Å². The Kier molecular flexibility index (Phi) is 3.76. The fraction of sp³-hybridized carbons (Fsp3) is 0. The SMILES string of the molecule is O=C(O)c1nc(-c2c(F)ccc([N+](=O)[O-])c2F)ncc1Cl. The molecular formula is C11H4ClF2N3O4. The molecule has 0 atom stereocenters. The molecule has 0 bridgehead atoms. The second kappa shape index (κ2) is 5.37. The maximum absolute atomic E-state index is 14.0. The first kappa shape index (κ1) is 14.7. The van der Waals surface area contributed by atoms with Crippen molar-refractivity contribution in [2.24, 2.45) is 0 Å². The van der Waals surface area contributed by atoms with Gasteiger partial charge in [0, 0.05) is 6.07 Å². The largest absolute Gasteiger partial charge is 0.476 e. The Morgan fingerprint density at radius 2 is 2.05 bits per heavy atom. The van der Waals surface area contributed by atoms with Crippen molar-refractivity contribution in [1.29, 1.82) is 0 Å². The lowest BCUT2D eigenvalue weighted by Crippen LogP contribution is -2.06. The summed E-state index contributed by atoms with van der Waals surface area (Å²) in [6.45, 7) is 0. The Hall–Kier alpha value is -2.68. The average molecular weight is 316 g/mol. The third-order valence-electron chi connectivity index (χ3n) is 2.44. The molecule has 2 aromatic rings. The third kappa shape index (κ3) is 2.63. The van der Waals surface area contributed by atoms with Gasteiger partial charge in [-0.05, 0) is 6.07 Å². The van der Waals surface area contributed by atoms with E-state index in [9.17, 15) is 23.7 Å². The van der Waals surface area contributed by atoms with E-state index in [-0.39, 0.29) is 5.02 Å². The zero-order valence-corrected chi connectivity index (χ0v) is 10.6. The smallest absolute Gasteiger partial charge is 0.356 e. The predicted octanol–water partition coefficient (Wildman–Crippen LogP) is 2.68. The van der Waals surface area contributed by atoms with E-state index in [0.29, 0.717) is 12.1 Å². The number of halogens is 3. The van der Waals surface area contributed by atoms with Crippen LogP contribution in [0.3, 0.4) is 0 Å². The van der Waals surface area contributed by atoms with Crippen LogP contribution in [0.1, 0.15) is 10.5 Å². The molecular weight excluding hydrogens is 312 g/mol. The minimum atomic E-state index is -1.53. The Labute approximate surface area is 120 Å². The van der Waals surface area contributed by atoms with Crippen molar-refractivity contribution >= 4 is 23.3 Å². The highest BCUT2D eigenvalue weighted by atomic mass is 35.5. The normalized spacial score (nSPS) is 10.4. The van der Waals surface area contributed by atoms with Crippen LogP contribution in [0.15, 0.2) is 18.3 Å². The van der Waals surface area contributed by atoms with Gasteiger partial charge in [0.25, 0.3) is 0 Å². The van der Waals surface area contributed by atoms with Crippen LogP contribution in [-0.2, 0) is 0 Å². The van der Waals surface area contributed by atoms with Gasteiger partial charge in [-0.15, -0.1) is 0 Å². The van der Waals surface area contributed by atoms with Crippen LogP contribution in [0.25, 0.3) is 11.4 Å². The average Bonchev–Trinajstić information content (AvgIpc) is 2.39. The highest BCUT2D eigenvalue weighted by molar-refractivity contribution is 6.33. The molecule has 10 heteroatoms.